The lowest BCUT2D eigenvalue weighted by molar-refractivity contribution is 0.280. The van der Waals surface area contributed by atoms with Gasteiger partial charge in [0.25, 0.3) is 0 Å². The number of pyridine rings is 1. The van der Waals surface area contributed by atoms with Gasteiger partial charge in [0.15, 0.2) is 5.11 Å². The van der Waals surface area contributed by atoms with E-state index >= 15 is 0 Å². The second-order valence-corrected chi connectivity index (χ2v) is 7.50. The first-order valence-corrected chi connectivity index (χ1v) is 10.1. The van der Waals surface area contributed by atoms with E-state index in [1.165, 1.54) is 12.1 Å². The normalized spacial score (nSPS) is 18.6. The number of halogens is 1. The van der Waals surface area contributed by atoms with Crippen molar-refractivity contribution in [2.45, 2.75) is 18.6 Å². The summed E-state index contributed by atoms with van der Waals surface area (Å²) in [4.78, 5) is 6.68. The number of furan rings is 1. The summed E-state index contributed by atoms with van der Waals surface area (Å²) in [6, 6.07) is 19.9. The van der Waals surface area contributed by atoms with Crippen LogP contribution in [-0.4, -0.2) is 19.6 Å². The molecule has 5 nitrogen and oxygen atoms in total. The molecule has 7 heteroatoms. The number of hydrogen-bond donors (Lipinski definition) is 1. The Balaban J connectivity index is 1.60. The van der Waals surface area contributed by atoms with Crippen molar-refractivity contribution in [2.75, 3.05) is 0 Å². The van der Waals surface area contributed by atoms with E-state index in [1.807, 2.05) is 42.6 Å². The monoisotopic (exact) mass is 418 g/mol. The summed E-state index contributed by atoms with van der Waals surface area (Å²) in [7, 11) is 0. The molecule has 1 N–H and O–H groups in total. The second-order valence-electron chi connectivity index (χ2n) is 7.11. The average Bonchev–Trinajstić information content (AvgIpc) is 3.51. The molecule has 30 heavy (non-hydrogen) atoms. The van der Waals surface area contributed by atoms with E-state index in [4.69, 9.17) is 16.6 Å². The largest absolute Gasteiger partial charge is 0.467 e. The van der Waals surface area contributed by atoms with E-state index in [9.17, 15) is 4.39 Å². The van der Waals surface area contributed by atoms with Crippen LogP contribution in [0.25, 0.3) is 5.69 Å². The quantitative estimate of drug-likeness (QED) is 0.473. The maximum Gasteiger partial charge on any atom is 0.170 e. The van der Waals surface area contributed by atoms with Crippen LogP contribution in [0.15, 0.2) is 89.8 Å². The molecule has 150 valence electrons. The molecule has 0 radical (unpaired) electrons. The number of rotatable bonds is 5. The van der Waals surface area contributed by atoms with Crippen LogP contribution < -0.4 is 5.32 Å². The number of aromatic nitrogens is 2. The minimum Gasteiger partial charge on any atom is -0.467 e. The summed E-state index contributed by atoms with van der Waals surface area (Å²) >= 11 is 5.71. The Hall–Kier alpha value is -3.45. The van der Waals surface area contributed by atoms with Crippen molar-refractivity contribution in [1.82, 2.24) is 19.8 Å². The van der Waals surface area contributed by atoms with E-state index in [0.29, 0.717) is 11.7 Å². The summed E-state index contributed by atoms with van der Waals surface area (Å²) in [5, 5.41) is 4.08. The van der Waals surface area contributed by atoms with Crippen molar-refractivity contribution >= 4 is 17.3 Å². The highest BCUT2D eigenvalue weighted by Crippen LogP contribution is 2.40. The zero-order valence-electron chi connectivity index (χ0n) is 16.0. The topological polar surface area (TPSA) is 46.2 Å². The number of nitrogens with zero attached hydrogens (tertiary/aromatic N) is 3. The molecule has 2 atom stereocenters. The van der Waals surface area contributed by atoms with Gasteiger partial charge in [0.2, 0.25) is 0 Å². The lowest BCUT2D eigenvalue weighted by Crippen LogP contribution is -2.29. The van der Waals surface area contributed by atoms with Crippen molar-refractivity contribution in [1.29, 1.82) is 0 Å². The number of thiocarbonyl (C=S) groups is 1. The van der Waals surface area contributed by atoms with Crippen LogP contribution in [0.4, 0.5) is 4.39 Å². The Morgan fingerprint density at radius 2 is 1.90 bits per heavy atom. The molecule has 0 amide bonds. The molecule has 0 saturated carbocycles. The standard InChI is InChI=1S/C23H19FN4OS/c24-16-8-10-17(11-9-16)27-13-3-7-20(27)22-21(19-6-1-2-12-25-19)26-23(30)28(22)15-18-5-4-14-29-18/h1-14,21-22H,15H2,(H,26,30)/t21-,22+/m0/s1. The highest BCUT2D eigenvalue weighted by molar-refractivity contribution is 7.80. The maximum absolute atomic E-state index is 13.5. The molecule has 0 spiro atoms. The first kappa shape index (κ1) is 18.6. The van der Waals surface area contributed by atoms with Crippen LogP contribution in [0.2, 0.25) is 0 Å². The number of benzene rings is 1. The van der Waals surface area contributed by atoms with Gasteiger partial charge in [-0.25, -0.2) is 4.39 Å². The van der Waals surface area contributed by atoms with Crippen LogP contribution in [-0.2, 0) is 6.54 Å². The maximum atomic E-state index is 13.5. The molecular weight excluding hydrogens is 399 g/mol. The third-order valence-electron chi connectivity index (χ3n) is 5.29. The van der Waals surface area contributed by atoms with Gasteiger partial charge < -0.3 is 19.2 Å². The smallest absolute Gasteiger partial charge is 0.170 e. The molecule has 5 rings (SSSR count). The van der Waals surface area contributed by atoms with Crippen LogP contribution in [0.1, 0.15) is 29.2 Å². The van der Waals surface area contributed by atoms with Crippen LogP contribution in [0.5, 0.6) is 0 Å². The third kappa shape index (κ3) is 3.37. The summed E-state index contributed by atoms with van der Waals surface area (Å²) in [6.07, 6.45) is 5.42. The highest BCUT2D eigenvalue weighted by Gasteiger charge is 2.41. The van der Waals surface area contributed by atoms with E-state index < -0.39 is 0 Å². The Labute approximate surface area is 178 Å². The highest BCUT2D eigenvalue weighted by atomic mass is 32.1. The van der Waals surface area contributed by atoms with Gasteiger partial charge in [-0.2, -0.15) is 0 Å². The van der Waals surface area contributed by atoms with Crippen molar-refractivity contribution in [3.63, 3.8) is 0 Å². The minimum atomic E-state index is -0.262. The van der Waals surface area contributed by atoms with Gasteiger partial charge in [-0.3, -0.25) is 4.98 Å². The first-order valence-electron chi connectivity index (χ1n) is 9.64. The minimum absolute atomic E-state index is 0.127. The molecule has 3 aromatic heterocycles. The lowest BCUT2D eigenvalue weighted by atomic mass is 10.0. The van der Waals surface area contributed by atoms with Crippen molar-refractivity contribution in [2.24, 2.45) is 0 Å². The van der Waals surface area contributed by atoms with E-state index in [-0.39, 0.29) is 17.9 Å². The molecule has 1 aliphatic heterocycles. The van der Waals surface area contributed by atoms with Gasteiger partial charge in [-0.1, -0.05) is 6.07 Å². The Morgan fingerprint density at radius 1 is 1.03 bits per heavy atom. The predicted molar refractivity (Wildman–Crippen MR) is 115 cm³/mol. The summed E-state index contributed by atoms with van der Waals surface area (Å²) in [5.41, 5.74) is 2.81. The molecule has 1 aromatic carbocycles. The Kier molecular flexibility index (Phi) is 4.80. The number of nitrogens with one attached hydrogen (secondary N) is 1. The lowest BCUT2D eigenvalue weighted by Gasteiger charge is -2.28. The van der Waals surface area contributed by atoms with Gasteiger partial charge in [0.05, 0.1) is 30.6 Å². The molecule has 1 fully saturated rings. The van der Waals surface area contributed by atoms with Crippen molar-refractivity contribution < 1.29 is 8.81 Å². The van der Waals surface area contributed by atoms with Crippen molar-refractivity contribution in [3.8, 4) is 5.69 Å². The van der Waals surface area contributed by atoms with Gasteiger partial charge in [0.1, 0.15) is 11.6 Å². The van der Waals surface area contributed by atoms with E-state index in [2.05, 4.69) is 25.8 Å². The molecule has 4 aromatic rings. The van der Waals surface area contributed by atoms with E-state index in [0.717, 1.165) is 22.8 Å². The molecule has 1 aliphatic rings. The fourth-order valence-corrected chi connectivity index (χ4v) is 4.24. The van der Waals surface area contributed by atoms with Gasteiger partial charge in [0, 0.05) is 23.8 Å². The molecule has 0 unspecified atom stereocenters. The second kappa shape index (κ2) is 7.76. The molecule has 0 aliphatic carbocycles. The van der Waals surface area contributed by atoms with Crippen LogP contribution in [0, 0.1) is 5.82 Å². The van der Waals surface area contributed by atoms with Crippen molar-refractivity contribution in [3.05, 3.63) is 108 Å². The molecular formula is C23H19FN4OS. The Morgan fingerprint density at radius 3 is 2.63 bits per heavy atom. The summed E-state index contributed by atoms with van der Waals surface area (Å²) in [5.74, 6) is 0.563. The van der Waals surface area contributed by atoms with Gasteiger partial charge in [-0.15, -0.1) is 0 Å². The molecule has 1 saturated heterocycles. The third-order valence-corrected chi connectivity index (χ3v) is 5.64. The van der Waals surface area contributed by atoms with E-state index in [1.54, 1.807) is 24.6 Å². The average molecular weight is 418 g/mol. The molecule has 4 heterocycles. The zero-order valence-corrected chi connectivity index (χ0v) is 16.8. The van der Waals surface area contributed by atoms with Crippen LogP contribution in [0.3, 0.4) is 0 Å². The molecule has 0 bridgehead atoms. The first-order chi connectivity index (χ1) is 14.7. The predicted octanol–water partition coefficient (Wildman–Crippen LogP) is 4.78. The van der Waals surface area contributed by atoms with Crippen LogP contribution >= 0.6 is 12.2 Å². The Bertz CT molecular complexity index is 1140. The summed E-state index contributed by atoms with van der Waals surface area (Å²) < 4.78 is 21.1. The number of hydrogen-bond acceptors (Lipinski definition) is 3. The fourth-order valence-electron chi connectivity index (χ4n) is 3.94. The van der Waals surface area contributed by atoms with Gasteiger partial charge >= 0.3 is 0 Å². The fraction of sp³-hybridized carbons (Fsp3) is 0.130. The summed E-state index contributed by atoms with van der Waals surface area (Å²) in [6.45, 7) is 0.529. The SMILES string of the molecule is Fc1ccc(-n2cccc2[C@@H]2[C@H](c3ccccn3)NC(=S)N2Cc2ccco2)cc1. The van der Waals surface area contributed by atoms with Gasteiger partial charge in [-0.05, 0) is 72.9 Å². The zero-order chi connectivity index (χ0) is 20.5.